The molecule has 156 valence electrons. The Kier molecular flexibility index (Phi) is 3.78. The molecule has 5 fully saturated rings. The molecule has 0 aromatic heterocycles. The van der Waals surface area contributed by atoms with Crippen LogP contribution in [0.2, 0.25) is 0 Å². The van der Waals surface area contributed by atoms with E-state index in [4.69, 9.17) is 0 Å². The molecule has 0 aliphatic heterocycles. The van der Waals surface area contributed by atoms with Gasteiger partial charge in [0, 0.05) is 12.2 Å². The Morgan fingerprint density at radius 1 is 1.14 bits per heavy atom. The van der Waals surface area contributed by atoms with Crippen LogP contribution in [0.4, 0.5) is 5.69 Å². The van der Waals surface area contributed by atoms with E-state index in [1.165, 1.54) is 43.4 Å². The molecule has 5 saturated carbocycles. The van der Waals surface area contributed by atoms with Gasteiger partial charge in [0.15, 0.2) is 0 Å². The topological polar surface area (TPSA) is 12.0 Å². The molecule has 0 radical (unpaired) electrons. The summed E-state index contributed by atoms with van der Waals surface area (Å²) in [5.74, 6) is 4.91. The van der Waals surface area contributed by atoms with Crippen molar-refractivity contribution in [2.75, 3.05) is 11.9 Å². The van der Waals surface area contributed by atoms with Gasteiger partial charge in [-0.1, -0.05) is 45.4 Å². The van der Waals surface area contributed by atoms with E-state index in [2.05, 4.69) is 56.9 Å². The fourth-order valence-corrected chi connectivity index (χ4v) is 9.23. The van der Waals surface area contributed by atoms with Gasteiger partial charge < -0.3 is 5.32 Å². The van der Waals surface area contributed by atoms with Crippen molar-refractivity contribution < 1.29 is 0 Å². The van der Waals surface area contributed by atoms with Gasteiger partial charge in [-0.3, -0.25) is 0 Å². The Balaban J connectivity index is 1.23. The summed E-state index contributed by atoms with van der Waals surface area (Å²) < 4.78 is 0. The highest BCUT2D eigenvalue weighted by molar-refractivity contribution is 5.55. The summed E-state index contributed by atoms with van der Waals surface area (Å²) in [6, 6.07) is 7.50. The van der Waals surface area contributed by atoms with Crippen molar-refractivity contribution in [1.29, 1.82) is 0 Å². The maximum absolute atomic E-state index is 4.06. The standard InChI is InChI=1S/C28H39N/c1-5-7-19-11-20(27-14-22-12-21-13-23(15-27)28(21,22)17-27)8-9-25(19)29-16-24-10-18(3)26(24,4)6-2/h5,8-9,11,18,21-24,29H,1,6-7,10,12-17H2,2-4H3. The van der Waals surface area contributed by atoms with Crippen LogP contribution in [0, 0.1) is 40.4 Å². The van der Waals surface area contributed by atoms with Gasteiger partial charge in [0.1, 0.15) is 0 Å². The highest BCUT2D eigenvalue weighted by atomic mass is 14.9. The third kappa shape index (κ3) is 2.18. The molecule has 1 N–H and O–H groups in total. The number of anilines is 1. The molecule has 5 unspecified atom stereocenters. The number of hydrogen-bond donors (Lipinski definition) is 1. The molecule has 5 aliphatic rings. The largest absolute Gasteiger partial charge is 0.385 e. The highest BCUT2D eigenvalue weighted by Gasteiger charge is 2.77. The van der Waals surface area contributed by atoms with Crippen molar-refractivity contribution >= 4 is 5.69 Å². The molecule has 1 nitrogen and oxygen atoms in total. The molecule has 1 spiro atoms. The predicted molar refractivity (Wildman–Crippen MR) is 122 cm³/mol. The smallest absolute Gasteiger partial charge is 0.0376 e. The third-order valence-corrected chi connectivity index (χ3v) is 11.4. The van der Waals surface area contributed by atoms with Crippen LogP contribution in [0.5, 0.6) is 0 Å². The fourth-order valence-electron chi connectivity index (χ4n) is 9.23. The van der Waals surface area contributed by atoms with Crippen molar-refractivity contribution in [2.24, 2.45) is 40.4 Å². The zero-order valence-corrected chi connectivity index (χ0v) is 18.8. The van der Waals surface area contributed by atoms with Crippen LogP contribution in [-0.2, 0) is 11.8 Å². The molecular formula is C28H39N. The van der Waals surface area contributed by atoms with Crippen molar-refractivity contribution in [1.82, 2.24) is 0 Å². The van der Waals surface area contributed by atoms with Crippen LogP contribution < -0.4 is 5.32 Å². The number of benzene rings is 1. The van der Waals surface area contributed by atoms with Crippen molar-refractivity contribution in [3.63, 3.8) is 0 Å². The summed E-state index contributed by atoms with van der Waals surface area (Å²) in [7, 11) is 0. The summed E-state index contributed by atoms with van der Waals surface area (Å²) in [5.41, 5.74) is 6.34. The number of rotatable bonds is 7. The SMILES string of the molecule is C=CCc1cc(C23CC4CC5CC(C2)C54C3)ccc1NCC1CC(C)C1(C)CC. The second kappa shape index (κ2) is 5.92. The van der Waals surface area contributed by atoms with E-state index in [1.54, 1.807) is 18.4 Å². The second-order valence-corrected chi connectivity index (χ2v) is 12.0. The molecule has 1 heteroatoms. The average molecular weight is 390 g/mol. The van der Waals surface area contributed by atoms with Crippen molar-refractivity contribution in [3.8, 4) is 0 Å². The van der Waals surface area contributed by atoms with Crippen LogP contribution in [0.3, 0.4) is 0 Å². The summed E-state index contributed by atoms with van der Waals surface area (Å²) in [6.07, 6.45) is 13.3. The van der Waals surface area contributed by atoms with Crippen LogP contribution in [0.1, 0.15) is 76.8 Å². The van der Waals surface area contributed by atoms with Gasteiger partial charge in [-0.25, -0.2) is 0 Å². The number of hydrogen-bond acceptors (Lipinski definition) is 1. The van der Waals surface area contributed by atoms with E-state index in [1.807, 2.05) is 0 Å². The molecule has 0 heterocycles. The maximum Gasteiger partial charge on any atom is 0.0376 e. The quantitative estimate of drug-likeness (QED) is 0.496. The number of allylic oxidation sites excluding steroid dienone is 1. The van der Waals surface area contributed by atoms with E-state index >= 15 is 0 Å². The molecule has 1 aromatic rings. The van der Waals surface area contributed by atoms with Gasteiger partial charge in [-0.15, -0.1) is 6.58 Å². The number of fused-ring (bicyclic) bond motifs is 1. The van der Waals surface area contributed by atoms with Crippen LogP contribution in [0.15, 0.2) is 30.9 Å². The number of nitrogens with one attached hydrogen (secondary N) is 1. The molecule has 5 atom stereocenters. The first-order chi connectivity index (χ1) is 13.9. The van der Waals surface area contributed by atoms with Crippen molar-refractivity contribution in [3.05, 3.63) is 42.0 Å². The second-order valence-electron chi connectivity index (χ2n) is 12.0. The van der Waals surface area contributed by atoms with Gasteiger partial charge in [0.2, 0.25) is 0 Å². The predicted octanol–water partition coefficient (Wildman–Crippen LogP) is 6.98. The average Bonchev–Trinajstić information content (AvgIpc) is 3.19. The molecule has 0 saturated heterocycles. The Bertz CT molecular complexity index is 836. The molecule has 0 amide bonds. The zero-order chi connectivity index (χ0) is 20.0. The molecule has 5 aliphatic carbocycles. The summed E-state index contributed by atoms with van der Waals surface area (Å²) >= 11 is 0. The summed E-state index contributed by atoms with van der Waals surface area (Å²) in [6.45, 7) is 12.5. The van der Waals surface area contributed by atoms with Gasteiger partial charge >= 0.3 is 0 Å². The van der Waals surface area contributed by atoms with Gasteiger partial charge in [-0.2, -0.15) is 0 Å². The van der Waals surface area contributed by atoms with Crippen molar-refractivity contribution in [2.45, 2.75) is 77.6 Å². The van der Waals surface area contributed by atoms with E-state index in [0.29, 0.717) is 10.8 Å². The lowest BCUT2D eigenvalue weighted by molar-refractivity contribution is -0.175. The van der Waals surface area contributed by atoms with E-state index in [9.17, 15) is 0 Å². The first-order valence-electron chi connectivity index (χ1n) is 12.4. The lowest BCUT2D eigenvalue weighted by atomic mass is 9.38. The normalized spacial score (nSPS) is 48.3. The summed E-state index contributed by atoms with van der Waals surface area (Å²) in [5, 5.41) is 3.87. The minimum Gasteiger partial charge on any atom is -0.385 e. The van der Waals surface area contributed by atoms with Crippen LogP contribution in [-0.4, -0.2) is 6.54 Å². The van der Waals surface area contributed by atoms with Gasteiger partial charge in [0.25, 0.3) is 0 Å². The Morgan fingerprint density at radius 3 is 2.48 bits per heavy atom. The fraction of sp³-hybridized carbons (Fsp3) is 0.714. The first-order valence-corrected chi connectivity index (χ1v) is 12.4. The lowest BCUT2D eigenvalue weighted by Gasteiger charge is -2.66. The third-order valence-electron chi connectivity index (χ3n) is 11.4. The van der Waals surface area contributed by atoms with Crippen LogP contribution >= 0.6 is 0 Å². The zero-order valence-electron chi connectivity index (χ0n) is 18.8. The van der Waals surface area contributed by atoms with E-state index < -0.39 is 0 Å². The van der Waals surface area contributed by atoms with Crippen LogP contribution in [0.25, 0.3) is 0 Å². The molecule has 29 heavy (non-hydrogen) atoms. The minimum atomic E-state index is 0.513. The monoisotopic (exact) mass is 389 g/mol. The molecule has 2 bridgehead atoms. The Morgan fingerprint density at radius 2 is 1.90 bits per heavy atom. The highest BCUT2D eigenvalue weighted by Crippen LogP contribution is 2.84. The minimum absolute atomic E-state index is 0.513. The molecule has 6 rings (SSSR count). The van der Waals surface area contributed by atoms with E-state index in [0.717, 1.165) is 48.0 Å². The maximum atomic E-state index is 4.06. The molecule has 1 aromatic carbocycles. The Labute approximate surface area is 177 Å². The first kappa shape index (κ1) is 18.5. The Hall–Kier alpha value is -1.24. The molecular weight excluding hydrogens is 350 g/mol. The van der Waals surface area contributed by atoms with E-state index in [-0.39, 0.29) is 0 Å². The van der Waals surface area contributed by atoms with Gasteiger partial charge in [0.05, 0.1) is 0 Å². The summed E-state index contributed by atoms with van der Waals surface area (Å²) in [4.78, 5) is 0. The lowest BCUT2D eigenvalue weighted by Crippen LogP contribution is -2.59. The van der Waals surface area contributed by atoms with Gasteiger partial charge in [-0.05, 0) is 108 Å².